The Morgan fingerprint density at radius 2 is 0.235 bits per heavy atom. The lowest BCUT2D eigenvalue weighted by Gasteiger charge is -2.35. The van der Waals surface area contributed by atoms with Crippen LogP contribution < -0.4 is 83.0 Å². The van der Waals surface area contributed by atoms with E-state index in [4.69, 9.17) is 35.4 Å². The molecule has 0 saturated heterocycles. The van der Waals surface area contributed by atoms with Gasteiger partial charge in [0.25, 0.3) is 78.1 Å². The second-order valence-corrected chi connectivity index (χ2v) is 48.2. The minimum absolute atomic E-state index is 0.188. The second kappa shape index (κ2) is 33.8. The van der Waals surface area contributed by atoms with E-state index in [-0.39, 0.29) is 44.8 Å². The molecule has 0 amide bonds. The highest BCUT2D eigenvalue weighted by atomic mass is 28.3. The topological polar surface area (TPSA) is 73.8 Å². The van der Waals surface area contributed by atoms with E-state index in [2.05, 4.69) is 360 Å². The summed E-state index contributed by atoms with van der Waals surface area (Å²) in [5.41, 5.74) is -1.50. The Morgan fingerprint density at radius 3 is 0.306 bits per heavy atom. The van der Waals surface area contributed by atoms with Crippen LogP contribution in [0.5, 0.6) is 0 Å². The molecule has 0 saturated carbocycles. The first-order valence-corrected chi connectivity index (χ1v) is 45.1. The minimum atomic E-state index is -2.78. The minimum Gasteiger partial charge on any atom is -0.407 e. The molecule has 8 aromatic rings. The fraction of sp³-hybridized carbons (Fsp3) is 0.400. The van der Waals surface area contributed by atoms with E-state index in [0.29, 0.717) is 78.1 Å². The van der Waals surface area contributed by atoms with Gasteiger partial charge in [-0.25, -0.2) is 0 Å². The Balaban J connectivity index is 0.000000276. The van der Waals surface area contributed by atoms with Crippen molar-refractivity contribution in [2.75, 3.05) is 0 Å². The normalized spacial score (nSPS) is 13.1. The van der Waals surface area contributed by atoms with Gasteiger partial charge in [-0.3, -0.25) is 0 Å². The molecule has 512 valence electrons. The molecular formula is C80H104O8Si10. The summed E-state index contributed by atoms with van der Waals surface area (Å²) in [6.07, 6.45) is 0. The van der Waals surface area contributed by atoms with Crippen molar-refractivity contribution in [3.05, 3.63) is 194 Å². The zero-order valence-electron chi connectivity index (χ0n) is 62.7. The molecule has 0 heterocycles. The van der Waals surface area contributed by atoms with E-state index in [1.165, 1.54) is 83.0 Å². The van der Waals surface area contributed by atoms with Gasteiger partial charge < -0.3 is 35.4 Å². The third kappa shape index (κ3) is 25.5. The third-order valence-electron chi connectivity index (χ3n) is 14.3. The molecule has 0 unspecified atom stereocenters. The largest absolute Gasteiger partial charge is 0.407 e. The number of hydrogen-bond donors (Lipinski definition) is 0. The Kier molecular flexibility index (Phi) is 27.9. The number of hydrogen-bond acceptors (Lipinski definition) is 8. The second-order valence-electron chi connectivity index (χ2n) is 32.7. The summed E-state index contributed by atoms with van der Waals surface area (Å²) in [7, 11) is -3.23. The van der Waals surface area contributed by atoms with Gasteiger partial charge in [0.2, 0.25) is 0 Å². The summed E-state index contributed by atoms with van der Waals surface area (Å²) in [5, 5.41) is 20.3. The van der Waals surface area contributed by atoms with Crippen molar-refractivity contribution in [2.24, 2.45) is 0 Å². The van der Waals surface area contributed by atoms with Gasteiger partial charge in [-0.05, 0) is 249 Å². The maximum absolute atomic E-state index is 6.18. The molecule has 0 aromatic heterocycles. The molecule has 8 aromatic carbocycles. The van der Waals surface area contributed by atoms with Gasteiger partial charge in [0.1, 0.15) is 0 Å². The molecule has 0 spiro atoms. The molecule has 0 fully saturated rings. The van der Waals surface area contributed by atoms with Gasteiger partial charge in [0.15, 0.2) is 16.1 Å². The lowest BCUT2D eigenvalue weighted by Crippen LogP contribution is -2.75. The first-order valence-electron chi connectivity index (χ1n) is 33.8. The molecule has 98 heavy (non-hydrogen) atoms. The van der Waals surface area contributed by atoms with Crippen molar-refractivity contribution >= 4 is 177 Å². The van der Waals surface area contributed by atoms with Crippen molar-refractivity contribution in [3.63, 3.8) is 0 Å². The predicted octanol–water partition coefficient (Wildman–Crippen LogP) is 6.60. The third-order valence-corrected chi connectivity index (χ3v) is 34.2. The van der Waals surface area contributed by atoms with Gasteiger partial charge >= 0.3 is 0 Å². The molecule has 0 bridgehead atoms. The first-order chi connectivity index (χ1) is 45.5. The van der Waals surface area contributed by atoms with Crippen LogP contribution in [0.15, 0.2) is 194 Å². The lowest BCUT2D eigenvalue weighted by molar-refractivity contribution is 0.141. The van der Waals surface area contributed by atoms with E-state index in [0.717, 1.165) is 0 Å². The van der Waals surface area contributed by atoms with Crippen LogP contribution in [0, 0.1) is 0 Å². The zero-order chi connectivity index (χ0) is 72.2. The highest BCUT2D eigenvalue weighted by Gasteiger charge is 2.43. The molecule has 0 aliphatic rings. The van der Waals surface area contributed by atoms with Gasteiger partial charge in [-0.15, -0.1) is 0 Å². The van der Waals surface area contributed by atoms with Crippen LogP contribution in [0.3, 0.4) is 0 Å². The van der Waals surface area contributed by atoms with Crippen LogP contribution in [0.1, 0.15) is 166 Å². The molecular weight excluding hydrogens is 1370 g/mol. The van der Waals surface area contributed by atoms with Gasteiger partial charge in [-0.2, -0.15) is 0 Å². The van der Waals surface area contributed by atoms with Crippen LogP contribution in [-0.4, -0.2) is 139 Å². The predicted molar refractivity (Wildman–Crippen MR) is 430 cm³/mol. The SMILES string of the molecule is CC(C)(C)O[Si]c1ccc([Si](c2ccc([Si]OC(C)(C)C)cc2)(c2ccc([Si]OC(C)(C)C)cc2)c2ccc([Si]OC(C)(C)C)cc2)cc1.CC(C)(C)O[Si]c1ccc([Si](c2ccc([Si]OC(C)(C)C)cc2)(c2ccc([Si]OC(C)(C)C)cc2)c2ccc([Si]OC(C)(C)C)cc2)cc1. The number of benzene rings is 8. The Hall–Kier alpha value is -4.39. The fourth-order valence-electron chi connectivity index (χ4n) is 10.0. The summed E-state index contributed by atoms with van der Waals surface area (Å²) in [6.45, 7) is 50.6. The summed E-state index contributed by atoms with van der Waals surface area (Å²) in [4.78, 5) is 0. The standard InChI is InChI=1S/2C40H52O4Si5/c2*1-37(2,3)41-45-29-13-21-33(22-14-29)49(34-23-15-30(16-24-34)46-42-38(4,5)6,35-25-17-31(18-26-35)47-43-39(7,8)9)36-27-19-32(20-28-36)48-44-40(10,11)12/h2*13-28H,1-12H3. The van der Waals surface area contributed by atoms with Crippen molar-refractivity contribution < 1.29 is 35.4 Å². The molecule has 0 aliphatic carbocycles. The molecule has 18 heteroatoms. The van der Waals surface area contributed by atoms with E-state index in [1.807, 2.05) is 0 Å². The van der Waals surface area contributed by atoms with Gasteiger partial charge in [-0.1, -0.05) is 194 Å². The zero-order valence-corrected chi connectivity index (χ0v) is 72.7. The Morgan fingerprint density at radius 1 is 0.153 bits per heavy atom. The summed E-state index contributed by atoms with van der Waals surface area (Å²) in [5.74, 6) is 0. The molecule has 0 aliphatic heterocycles. The van der Waals surface area contributed by atoms with Crippen LogP contribution in [0.4, 0.5) is 0 Å². The highest BCUT2D eigenvalue weighted by molar-refractivity contribution is 7.20. The Bertz CT molecular complexity index is 2970. The summed E-state index contributed by atoms with van der Waals surface area (Å²) in [6, 6.07) is 73.6. The summed E-state index contributed by atoms with van der Waals surface area (Å²) >= 11 is 0. The molecule has 0 N–H and O–H groups in total. The first kappa shape index (κ1) is 80.9. The van der Waals surface area contributed by atoms with Crippen LogP contribution >= 0.6 is 0 Å². The van der Waals surface area contributed by atoms with Crippen LogP contribution in [-0.2, 0) is 35.4 Å². The summed E-state index contributed by atoms with van der Waals surface area (Å²) < 4.78 is 49.4. The molecule has 8 rings (SSSR count). The lowest BCUT2D eigenvalue weighted by atomic mass is 10.2. The average molecular weight is 1470 g/mol. The van der Waals surface area contributed by atoms with Gasteiger partial charge in [0.05, 0.1) is 0 Å². The number of rotatable bonds is 24. The maximum Gasteiger partial charge on any atom is 0.269 e. The Labute approximate surface area is 613 Å². The van der Waals surface area contributed by atoms with E-state index < -0.39 is 16.1 Å². The van der Waals surface area contributed by atoms with E-state index in [9.17, 15) is 0 Å². The van der Waals surface area contributed by atoms with Crippen molar-refractivity contribution in [3.8, 4) is 0 Å². The van der Waals surface area contributed by atoms with Crippen LogP contribution in [0.2, 0.25) is 0 Å². The quantitative estimate of drug-likeness (QED) is 0.0496. The highest BCUT2D eigenvalue weighted by Crippen LogP contribution is 2.16. The van der Waals surface area contributed by atoms with Crippen LogP contribution in [0.25, 0.3) is 0 Å². The van der Waals surface area contributed by atoms with Crippen molar-refractivity contribution in [1.29, 1.82) is 0 Å². The van der Waals surface area contributed by atoms with Crippen molar-refractivity contribution in [2.45, 2.75) is 211 Å². The molecule has 16 radical (unpaired) electrons. The van der Waals surface area contributed by atoms with Gasteiger partial charge in [0, 0.05) is 44.8 Å². The smallest absolute Gasteiger partial charge is 0.269 e. The monoisotopic (exact) mass is 1470 g/mol. The average Bonchev–Trinajstić information content (AvgIpc) is 0.740. The van der Waals surface area contributed by atoms with E-state index >= 15 is 0 Å². The fourth-order valence-corrected chi connectivity index (χ4v) is 25.1. The van der Waals surface area contributed by atoms with E-state index in [1.54, 1.807) is 0 Å². The molecule has 8 nitrogen and oxygen atoms in total. The molecule has 0 atom stereocenters. The van der Waals surface area contributed by atoms with Crippen molar-refractivity contribution in [1.82, 2.24) is 0 Å². The maximum atomic E-state index is 6.18.